The highest BCUT2D eigenvalue weighted by Gasteiger charge is 2.15. The quantitative estimate of drug-likeness (QED) is 0.671. The Morgan fingerprint density at radius 2 is 2.47 bits per heavy atom. The highest BCUT2D eigenvalue weighted by atomic mass is 19.1. The molecule has 0 aliphatic carbocycles. The maximum atomic E-state index is 12.2. The number of methoxy groups -OCH3 is 1. The van der Waals surface area contributed by atoms with Crippen molar-refractivity contribution in [2.45, 2.75) is 13.0 Å². The average Bonchev–Trinajstić information content (AvgIpc) is 2.66. The zero-order valence-electron chi connectivity index (χ0n) is 9.78. The van der Waals surface area contributed by atoms with Crippen molar-refractivity contribution in [3.63, 3.8) is 0 Å². The lowest BCUT2D eigenvalue weighted by atomic mass is 10.3. The van der Waals surface area contributed by atoms with Crippen LogP contribution in [-0.4, -0.2) is 42.6 Å². The monoisotopic (exact) mass is 244 g/mol. The lowest BCUT2D eigenvalue weighted by Gasteiger charge is -2.07. The summed E-state index contributed by atoms with van der Waals surface area (Å²) in [6.45, 7) is 0.482. The Kier molecular flexibility index (Phi) is 5.41. The Balaban J connectivity index is 2.58. The summed E-state index contributed by atoms with van der Waals surface area (Å²) in [7, 11) is 1.59. The first kappa shape index (κ1) is 13.4. The van der Waals surface area contributed by atoms with Gasteiger partial charge in [0.2, 0.25) is 0 Å². The minimum Gasteiger partial charge on any atom is -0.396 e. The van der Waals surface area contributed by atoms with Crippen molar-refractivity contribution in [1.82, 2.24) is 15.1 Å². The van der Waals surface area contributed by atoms with E-state index in [0.717, 1.165) is 0 Å². The fourth-order valence-corrected chi connectivity index (χ4v) is 1.40. The molecule has 1 aromatic heterocycles. The summed E-state index contributed by atoms with van der Waals surface area (Å²) in [4.78, 5) is 11.8. The first-order valence-electron chi connectivity index (χ1n) is 5.35. The Bertz CT molecular complexity index is 367. The summed E-state index contributed by atoms with van der Waals surface area (Å²) in [5, 5.41) is 6.51. The topological polar surface area (TPSA) is 82.2 Å². The molecule has 7 heteroatoms. The minimum absolute atomic E-state index is 0.0258. The number of nitrogens with one attached hydrogen (secondary N) is 1. The van der Waals surface area contributed by atoms with Gasteiger partial charge in [0.05, 0.1) is 18.4 Å². The molecule has 0 aliphatic heterocycles. The third kappa shape index (κ3) is 3.70. The Morgan fingerprint density at radius 1 is 1.71 bits per heavy atom. The van der Waals surface area contributed by atoms with E-state index < -0.39 is 6.67 Å². The third-order valence-corrected chi connectivity index (χ3v) is 2.19. The Morgan fingerprint density at radius 3 is 3.12 bits per heavy atom. The van der Waals surface area contributed by atoms with Gasteiger partial charge in [-0.25, -0.2) is 4.39 Å². The minimum atomic E-state index is -0.592. The third-order valence-electron chi connectivity index (χ3n) is 2.19. The van der Waals surface area contributed by atoms with Crippen molar-refractivity contribution in [3.8, 4) is 0 Å². The van der Waals surface area contributed by atoms with Gasteiger partial charge >= 0.3 is 0 Å². The van der Waals surface area contributed by atoms with E-state index in [-0.39, 0.29) is 23.8 Å². The van der Waals surface area contributed by atoms with E-state index in [1.807, 2.05) is 0 Å². The van der Waals surface area contributed by atoms with Crippen LogP contribution in [0.1, 0.15) is 16.9 Å². The molecular formula is C10H17FN4O2. The number of carbonyl (C=O) groups excluding carboxylic acids is 1. The number of anilines is 1. The number of nitrogen functional groups attached to an aromatic ring is 1. The molecule has 0 aromatic carbocycles. The summed E-state index contributed by atoms with van der Waals surface area (Å²) in [6.07, 6.45) is 2.05. The molecule has 0 saturated carbocycles. The second-order valence-corrected chi connectivity index (χ2v) is 3.46. The van der Waals surface area contributed by atoms with Gasteiger partial charge in [0.25, 0.3) is 5.91 Å². The number of nitrogens with zero attached hydrogens (tertiary/aromatic N) is 2. The van der Waals surface area contributed by atoms with Crippen molar-refractivity contribution in [2.24, 2.45) is 0 Å². The number of aromatic nitrogens is 2. The predicted molar refractivity (Wildman–Crippen MR) is 61.4 cm³/mol. The average molecular weight is 244 g/mol. The van der Waals surface area contributed by atoms with Crippen molar-refractivity contribution in [3.05, 3.63) is 11.9 Å². The maximum Gasteiger partial charge on any atom is 0.271 e. The smallest absolute Gasteiger partial charge is 0.271 e. The van der Waals surface area contributed by atoms with Gasteiger partial charge in [-0.05, 0) is 6.42 Å². The highest BCUT2D eigenvalue weighted by molar-refractivity contribution is 5.97. The van der Waals surface area contributed by atoms with Crippen LogP contribution in [0.4, 0.5) is 10.1 Å². The number of carbonyl (C=O) groups is 1. The summed E-state index contributed by atoms with van der Waals surface area (Å²) in [5.41, 5.74) is 6.07. The van der Waals surface area contributed by atoms with Crippen molar-refractivity contribution in [2.75, 3.05) is 32.7 Å². The molecule has 0 unspecified atom stereocenters. The fraction of sp³-hybridized carbons (Fsp3) is 0.600. The predicted octanol–water partition coefficient (Wildman–Crippen LogP) is 0.201. The first-order valence-corrected chi connectivity index (χ1v) is 5.35. The SMILES string of the molecule is COCCCNC(=O)c1c(N)cnn1CCF. The van der Waals surface area contributed by atoms with Gasteiger partial charge in [0.15, 0.2) is 0 Å². The highest BCUT2D eigenvalue weighted by Crippen LogP contribution is 2.10. The van der Waals surface area contributed by atoms with Crippen molar-refractivity contribution in [1.29, 1.82) is 0 Å². The molecule has 1 amide bonds. The number of hydrogen-bond donors (Lipinski definition) is 2. The number of aryl methyl sites for hydroxylation is 1. The number of alkyl halides is 1. The summed E-state index contributed by atoms with van der Waals surface area (Å²) in [5.74, 6) is -0.343. The number of nitrogens with two attached hydrogens (primary N) is 1. The van der Waals surface area contributed by atoms with Crippen LogP contribution >= 0.6 is 0 Å². The Hall–Kier alpha value is -1.63. The van der Waals surface area contributed by atoms with Gasteiger partial charge in [-0.2, -0.15) is 5.10 Å². The maximum absolute atomic E-state index is 12.2. The molecule has 0 spiro atoms. The lowest BCUT2D eigenvalue weighted by Crippen LogP contribution is -2.28. The molecule has 6 nitrogen and oxygen atoms in total. The molecule has 0 atom stereocenters. The number of halogens is 1. The van der Waals surface area contributed by atoms with Crippen LogP contribution in [0.25, 0.3) is 0 Å². The van der Waals surface area contributed by atoms with Gasteiger partial charge < -0.3 is 15.8 Å². The summed E-state index contributed by atoms with van der Waals surface area (Å²) < 4.78 is 18.4. The van der Waals surface area contributed by atoms with Crippen LogP contribution in [0.15, 0.2) is 6.20 Å². The largest absolute Gasteiger partial charge is 0.396 e. The molecule has 0 saturated heterocycles. The fourth-order valence-electron chi connectivity index (χ4n) is 1.40. The van der Waals surface area contributed by atoms with E-state index >= 15 is 0 Å². The molecule has 96 valence electrons. The van der Waals surface area contributed by atoms with Crippen LogP contribution in [0.5, 0.6) is 0 Å². The van der Waals surface area contributed by atoms with Crippen LogP contribution in [0.2, 0.25) is 0 Å². The molecule has 0 fully saturated rings. The Labute approximate surface area is 98.9 Å². The zero-order chi connectivity index (χ0) is 12.7. The standard InChI is InChI=1S/C10H17FN4O2/c1-17-6-2-4-13-10(16)9-8(12)7-14-15(9)5-3-11/h7H,2-6,12H2,1H3,(H,13,16). The summed E-state index contributed by atoms with van der Waals surface area (Å²) in [6, 6.07) is 0. The van der Waals surface area contributed by atoms with Crippen molar-refractivity contribution >= 4 is 11.6 Å². The van der Waals surface area contributed by atoms with E-state index in [0.29, 0.717) is 19.6 Å². The normalized spacial score (nSPS) is 10.5. The van der Waals surface area contributed by atoms with E-state index in [9.17, 15) is 9.18 Å². The molecule has 0 bridgehead atoms. The molecular weight excluding hydrogens is 227 g/mol. The molecule has 17 heavy (non-hydrogen) atoms. The van der Waals surface area contributed by atoms with Crippen LogP contribution in [-0.2, 0) is 11.3 Å². The molecule has 1 heterocycles. The van der Waals surface area contributed by atoms with E-state index in [1.54, 1.807) is 7.11 Å². The number of ether oxygens (including phenoxy) is 1. The van der Waals surface area contributed by atoms with Gasteiger partial charge in [-0.1, -0.05) is 0 Å². The van der Waals surface area contributed by atoms with Crippen LogP contribution in [0, 0.1) is 0 Å². The molecule has 1 rings (SSSR count). The van der Waals surface area contributed by atoms with E-state index in [4.69, 9.17) is 10.5 Å². The van der Waals surface area contributed by atoms with Gasteiger partial charge in [0, 0.05) is 20.3 Å². The number of hydrogen-bond acceptors (Lipinski definition) is 4. The van der Waals surface area contributed by atoms with Gasteiger partial charge in [-0.15, -0.1) is 0 Å². The molecule has 0 aliphatic rings. The van der Waals surface area contributed by atoms with Crippen LogP contribution < -0.4 is 11.1 Å². The lowest BCUT2D eigenvalue weighted by molar-refractivity contribution is 0.0938. The zero-order valence-corrected chi connectivity index (χ0v) is 9.78. The molecule has 0 radical (unpaired) electrons. The van der Waals surface area contributed by atoms with Gasteiger partial charge in [0.1, 0.15) is 12.4 Å². The molecule has 1 aromatic rings. The molecule has 3 N–H and O–H groups in total. The second kappa shape index (κ2) is 6.85. The van der Waals surface area contributed by atoms with E-state index in [1.165, 1.54) is 10.9 Å². The van der Waals surface area contributed by atoms with Crippen LogP contribution in [0.3, 0.4) is 0 Å². The van der Waals surface area contributed by atoms with E-state index in [2.05, 4.69) is 10.4 Å². The first-order chi connectivity index (χ1) is 8.20. The number of rotatable bonds is 7. The number of amides is 1. The second-order valence-electron chi connectivity index (χ2n) is 3.46. The van der Waals surface area contributed by atoms with Gasteiger partial charge in [-0.3, -0.25) is 9.48 Å². The van der Waals surface area contributed by atoms with Crippen molar-refractivity contribution < 1.29 is 13.9 Å². The summed E-state index contributed by atoms with van der Waals surface area (Å²) >= 11 is 0.